The fourth-order valence-corrected chi connectivity index (χ4v) is 1.93. The van der Waals surface area contributed by atoms with Crippen LogP contribution in [-0.2, 0) is 0 Å². The molecule has 2 N–H and O–H groups in total. The van der Waals surface area contributed by atoms with Crippen molar-refractivity contribution in [3.05, 3.63) is 85.0 Å². The van der Waals surface area contributed by atoms with Crippen LogP contribution in [0.3, 0.4) is 0 Å². The highest BCUT2D eigenvalue weighted by Crippen LogP contribution is 2.29. The predicted octanol–water partition coefficient (Wildman–Crippen LogP) is 4.69. The van der Waals surface area contributed by atoms with E-state index in [-0.39, 0.29) is 0 Å². The van der Waals surface area contributed by atoms with Crippen LogP contribution in [0.4, 0.5) is 5.69 Å². The van der Waals surface area contributed by atoms with Crippen LogP contribution in [0.2, 0.25) is 0 Å². The van der Waals surface area contributed by atoms with Crippen molar-refractivity contribution in [1.29, 1.82) is 0 Å². The maximum atomic E-state index is 6.05. The summed E-state index contributed by atoms with van der Waals surface area (Å²) in [5.74, 6) is 0. The number of anilines is 1. The van der Waals surface area contributed by atoms with E-state index in [0.717, 1.165) is 22.4 Å². The monoisotopic (exact) mass is 247 g/mol. The lowest BCUT2D eigenvalue weighted by Crippen LogP contribution is -1.90. The molecule has 0 radical (unpaired) electrons. The van der Waals surface area contributed by atoms with Gasteiger partial charge in [-0.1, -0.05) is 79.4 Å². The third-order valence-electron chi connectivity index (χ3n) is 2.85. The van der Waals surface area contributed by atoms with Crippen molar-refractivity contribution in [1.82, 2.24) is 0 Å². The molecule has 0 aromatic heterocycles. The number of benzene rings is 2. The van der Waals surface area contributed by atoms with Crippen LogP contribution in [0.5, 0.6) is 0 Å². The highest BCUT2D eigenvalue weighted by molar-refractivity contribution is 5.82. The number of rotatable bonds is 4. The molecule has 0 heterocycles. The number of nitrogen functional groups attached to an aromatic ring is 1. The van der Waals surface area contributed by atoms with Crippen LogP contribution in [0, 0.1) is 0 Å². The fraction of sp³-hybridized carbons (Fsp3) is 0. The standard InChI is InChI=1S/C18H17N/c1-2-3-4-5-10-15-11-6-7-12-16(15)17-13-8-9-14-18(17)19/h2-14H,1,19H2/b4-3-,10-5-. The molecule has 0 aliphatic heterocycles. The van der Waals surface area contributed by atoms with E-state index in [1.165, 1.54) is 0 Å². The van der Waals surface area contributed by atoms with Gasteiger partial charge in [0.2, 0.25) is 0 Å². The first-order chi connectivity index (χ1) is 9.33. The lowest BCUT2D eigenvalue weighted by Gasteiger charge is -2.08. The Bertz CT molecular complexity index is 621. The molecular formula is C18H17N. The largest absolute Gasteiger partial charge is 0.398 e. The molecule has 1 nitrogen and oxygen atoms in total. The van der Waals surface area contributed by atoms with E-state index < -0.39 is 0 Å². The normalized spacial score (nSPS) is 11.2. The van der Waals surface area contributed by atoms with Crippen LogP contribution in [-0.4, -0.2) is 0 Å². The Morgan fingerprint density at radius 3 is 2.21 bits per heavy atom. The van der Waals surface area contributed by atoms with Gasteiger partial charge >= 0.3 is 0 Å². The highest BCUT2D eigenvalue weighted by atomic mass is 14.6. The number of hydrogen-bond acceptors (Lipinski definition) is 1. The molecule has 0 amide bonds. The van der Waals surface area contributed by atoms with Crippen molar-refractivity contribution in [2.75, 3.05) is 5.73 Å². The molecule has 0 bridgehead atoms. The molecule has 1 heteroatoms. The van der Waals surface area contributed by atoms with E-state index in [9.17, 15) is 0 Å². The number of hydrogen-bond donors (Lipinski definition) is 1. The Kier molecular flexibility index (Phi) is 4.35. The second-order valence-corrected chi connectivity index (χ2v) is 4.15. The summed E-state index contributed by atoms with van der Waals surface area (Å²) in [6.07, 6.45) is 9.68. The summed E-state index contributed by atoms with van der Waals surface area (Å²) in [5, 5.41) is 0. The van der Waals surface area contributed by atoms with E-state index in [0.29, 0.717) is 0 Å². The predicted molar refractivity (Wildman–Crippen MR) is 84.7 cm³/mol. The van der Waals surface area contributed by atoms with Gasteiger partial charge in [-0.25, -0.2) is 0 Å². The highest BCUT2D eigenvalue weighted by Gasteiger charge is 2.04. The summed E-state index contributed by atoms with van der Waals surface area (Å²) in [4.78, 5) is 0. The summed E-state index contributed by atoms with van der Waals surface area (Å²) in [7, 11) is 0. The van der Waals surface area contributed by atoms with Gasteiger partial charge in [0.15, 0.2) is 0 Å². The molecule has 19 heavy (non-hydrogen) atoms. The van der Waals surface area contributed by atoms with Gasteiger partial charge in [0.1, 0.15) is 0 Å². The molecule has 2 aromatic carbocycles. The van der Waals surface area contributed by atoms with Crippen molar-refractivity contribution in [2.45, 2.75) is 0 Å². The maximum absolute atomic E-state index is 6.05. The lowest BCUT2D eigenvalue weighted by molar-refractivity contribution is 1.58. The SMILES string of the molecule is C=C/C=C\C=C/c1ccccc1-c1ccccc1N. The smallest absolute Gasteiger partial charge is 0.0393 e. The summed E-state index contributed by atoms with van der Waals surface area (Å²) < 4.78 is 0. The zero-order chi connectivity index (χ0) is 13.5. The number of nitrogens with two attached hydrogens (primary N) is 1. The Morgan fingerprint density at radius 1 is 0.789 bits per heavy atom. The molecular weight excluding hydrogens is 230 g/mol. The first-order valence-corrected chi connectivity index (χ1v) is 6.22. The summed E-state index contributed by atoms with van der Waals surface area (Å²) in [6, 6.07) is 16.1. The van der Waals surface area contributed by atoms with E-state index >= 15 is 0 Å². The Hall–Kier alpha value is -2.54. The van der Waals surface area contributed by atoms with Crippen molar-refractivity contribution in [3.8, 4) is 11.1 Å². The summed E-state index contributed by atoms with van der Waals surface area (Å²) >= 11 is 0. The van der Waals surface area contributed by atoms with Crippen LogP contribution in [0.15, 0.2) is 79.4 Å². The van der Waals surface area contributed by atoms with Crippen LogP contribution in [0.25, 0.3) is 17.2 Å². The van der Waals surface area contributed by atoms with Gasteiger partial charge in [-0.2, -0.15) is 0 Å². The second kappa shape index (κ2) is 6.41. The van der Waals surface area contributed by atoms with Crippen LogP contribution >= 0.6 is 0 Å². The van der Waals surface area contributed by atoms with Gasteiger partial charge in [-0.3, -0.25) is 0 Å². The number of para-hydroxylation sites is 1. The maximum Gasteiger partial charge on any atom is 0.0393 e. The van der Waals surface area contributed by atoms with Gasteiger partial charge in [0, 0.05) is 11.3 Å². The van der Waals surface area contributed by atoms with E-state index in [4.69, 9.17) is 5.73 Å². The van der Waals surface area contributed by atoms with Gasteiger partial charge in [-0.05, 0) is 17.2 Å². The molecule has 2 aromatic rings. The summed E-state index contributed by atoms with van der Waals surface area (Å²) in [6.45, 7) is 3.64. The fourth-order valence-electron chi connectivity index (χ4n) is 1.93. The van der Waals surface area contributed by atoms with Crippen molar-refractivity contribution in [3.63, 3.8) is 0 Å². The van der Waals surface area contributed by atoms with Gasteiger partial charge < -0.3 is 5.73 Å². The Labute approximate surface area is 114 Å². The third kappa shape index (κ3) is 3.23. The average molecular weight is 247 g/mol. The molecule has 0 atom stereocenters. The van der Waals surface area contributed by atoms with Crippen LogP contribution in [0.1, 0.15) is 5.56 Å². The van der Waals surface area contributed by atoms with Crippen molar-refractivity contribution < 1.29 is 0 Å². The first kappa shape index (κ1) is 12.9. The van der Waals surface area contributed by atoms with Crippen molar-refractivity contribution in [2.24, 2.45) is 0 Å². The topological polar surface area (TPSA) is 26.0 Å². The van der Waals surface area contributed by atoms with Gasteiger partial charge in [0.25, 0.3) is 0 Å². The molecule has 2 rings (SSSR count). The molecule has 0 fully saturated rings. The minimum absolute atomic E-state index is 0.796. The molecule has 0 spiro atoms. The average Bonchev–Trinajstić information content (AvgIpc) is 2.45. The van der Waals surface area contributed by atoms with E-state index in [2.05, 4.69) is 24.8 Å². The first-order valence-electron chi connectivity index (χ1n) is 6.22. The second-order valence-electron chi connectivity index (χ2n) is 4.15. The molecule has 0 saturated heterocycles. The molecule has 94 valence electrons. The van der Waals surface area contributed by atoms with Gasteiger partial charge in [-0.15, -0.1) is 0 Å². The molecule has 0 saturated carbocycles. The Morgan fingerprint density at radius 2 is 1.47 bits per heavy atom. The van der Waals surface area contributed by atoms with Gasteiger partial charge in [0.05, 0.1) is 0 Å². The molecule has 0 aliphatic rings. The van der Waals surface area contributed by atoms with Crippen LogP contribution < -0.4 is 5.73 Å². The van der Waals surface area contributed by atoms with E-state index in [1.807, 2.05) is 54.6 Å². The van der Waals surface area contributed by atoms with E-state index in [1.54, 1.807) is 6.08 Å². The number of allylic oxidation sites excluding steroid dienone is 4. The Balaban J connectivity index is 2.42. The lowest BCUT2D eigenvalue weighted by atomic mass is 9.98. The zero-order valence-electron chi connectivity index (χ0n) is 10.8. The quantitative estimate of drug-likeness (QED) is 0.615. The third-order valence-corrected chi connectivity index (χ3v) is 2.85. The van der Waals surface area contributed by atoms with Crippen molar-refractivity contribution >= 4 is 11.8 Å². The molecule has 0 unspecified atom stereocenters. The molecule has 0 aliphatic carbocycles. The minimum atomic E-state index is 0.796. The zero-order valence-corrected chi connectivity index (χ0v) is 10.8. The minimum Gasteiger partial charge on any atom is -0.398 e. The summed E-state index contributed by atoms with van der Waals surface area (Å²) in [5.41, 5.74) is 10.2.